The van der Waals surface area contributed by atoms with Gasteiger partial charge in [0.1, 0.15) is 0 Å². The molecule has 1 atom stereocenters. The van der Waals surface area contributed by atoms with E-state index in [0.717, 1.165) is 24.8 Å². The van der Waals surface area contributed by atoms with Gasteiger partial charge in [0, 0.05) is 6.08 Å². The first-order valence-corrected chi connectivity index (χ1v) is 6.20. The average molecular weight is 240 g/mol. The Morgan fingerprint density at radius 2 is 2.00 bits per heavy atom. The largest absolute Gasteiger partial charge is 0.466 e. The van der Waals surface area contributed by atoms with E-state index in [1.165, 1.54) is 6.08 Å². The molecule has 4 nitrogen and oxygen atoms in total. The van der Waals surface area contributed by atoms with Crippen molar-refractivity contribution >= 4 is 11.9 Å². The molecule has 1 aliphatic carbocycles. The summed E-state index contributed by atoms with van der Waals surface area (Å²) in [6, 6.07) is 0. The van der Waals surface area contributed by atoms with Gasteiger partial charge in [-0.1, -0.05) is 5.57 Å². The molecule has 1 unspecified atom stereocenters. The zero-order chi connectivity index (χ0) is 12.7. The normalized spacial score (nSPS) is 22.2. The second kappa shape index (κ2) is 7.09. The van der Waals surface area contributed by atoms with Gasteiger partial charge in [-0.25, -0.2) is 4.79 Å². The lowest BCUT2D eigenvalue weighted by molar-refractivity contribution is -0.148. The second-order valence-corrected chi connectivity index (χ2v) is 4.10. The van der Waals surface area contributed by atoms with Crippen LogP contribution in [0, 0.1) is 5.92 Å². The van der Waals surface area contributed by atoms with Crippen LogP contribution in [0.1, 0.15) is 39.5 Å². The lowest BCUT2D eigenvalue weighted by atomic mass is 9.85. The summed E-state index contributed by atoms with van der Waals surface area (Å²) in [7, 11) is 0. The van der Waals surface area contributed by atoms with Crippen LogP contribution in [0.2, 0.25) is 0 Å². The average Bonchev–Trinajstić information content (AvgIpc) is 2.30. The molecule has 0 bridgehead atoms. The number of carbonyl (C=O) groups excluding carboxylic acids is 2. The summed E-state index contributed by atoms with van der Waals surface area (Å²) in [6.07, 6.45) is 4.79. The minimum absolute atomic E-state index is 0.0932. The van der Waals surface area contributed by atoms with Crippen LogP contribution in [0.5, 0.6) is 0 Å². The topological polar surface area (TPSA) is 52.6 Å². The number of hydrogen-bond donors (Lipinski definition) is 0. The van der Waals surface area contributed by atoms with Crippen molar-refractivity contribution in [3.63, 3.8) is 0 Å². The van der Waals surface area contributed by atoms with Gasteiger partial charge in [0.15, 0.2) is 0 Å². The maximum Gasteiger partial charge on any atom is 0.330 e. The van der Waals surface area contributed by atoms with Crippen molar-refractivity contribution in [3.8, 4) is 0 Å². The van der Waals surface area contributed by atoms with Crippen molar-refractivity contribution in [2.75, 3.05) is 13.2 Å². The van der Waals surface area contributed by atoms with Gasteiger partial charge in [0.05, 0.1) is 19.1 Å². The van der Waals surface area contributed by atoms with Crippen LogP contribution in [0.15, 0.2) is 11.6 Å². The van der Waals surface area contributed by atoms with Crippen LogP contribution in [0.4, 0.5) is 0 Å². The Hall–Kier alpha value is -1.32. The molecule has 0 heterocycles. The highest BCUT2D eigenvalue weighted by molar-refractivity contribution is 5.83. The Morgan fingerprint density at radius 1 is 1.29 bits per heavy atom. The zero-order valence-corrected chi connectivity index (χ0v) is 10.5. The fraction of sp³-hybridized carbons (Fsp3) is 0.692. The molecule has 96 valence electrons. The van der Waals surface area contributed by atoms with Crippen LogP contribution in [0.25, 0.3) is 0 Å². The zero-order valence-electron chi connectivity index (χ0n) is 10.5. The summed E-state index contributed by atoms with van der Waals surface area (Å²) in [5.41, 5.74) is 0.993. The predicted molar refractivity (Wildman–Crippen MR) is 63.3 cm³/mol. The molecule has 0 aromatic heterocycles. The fourth-order valence-electron chi connectivity index (χ4n) is 2.04. The maximum atomic E-state index is 11.6. The molecule has 0 aromatic carbocycles. The summed E-state index contributed by atoms with van der Waals surface area (Å²) in [6.45, 7) is 4.37. The van der Waals surface area contributed by atoms with Crippen molar-refractivity contribution in [1.82, 2.24) is 0 Å². The monoisotopic (exact) mass is 240 g/mol. The lowest BCUT2D eigenvalue weighted by Gasteiger charge is -2.22. The third kappa shape index (κ3) is 4.59. The van der Waals surface area contributed by atoms with Crippen LogP contribution >= 0.6 is 0 Å². The van der Waals surface area contributed by atoms with E-state index in [9.17, 15) is 9.59 Å². The van der Waals surface area contributed by atoms with E-state index in [-0.39, 0.29) is 17.9 Å². The van der Waals surface area contributed by atoms with Gasteiger partial charge >= 0.3 is 11.9 Å². The molecule has 1 fully saturated rings. The van der Waals surface area contributed by atoms with Gasteiger partial charge in [-0.05, 0) is 39.5 Å². The molecule has 0 aliphatic heterocycles. The molecule has 17 heavy (non-hydrogen) atoms. The highest BCUT2D eigenvalue weighted by Crippen LogP contribution is 2.29. The van der Waals surface area contributed by atoms with Crippen LogP contribution in [-0.2, 0) is 19.1 Å². The molecular weight excluding hydrogens is 220 g/mol. The highest BCUT2D eigenvalue weighted by Gasteiger charge is 2.25. The Bertz CT molecular complexity index is 307. The van der Waals surface area contributed by atoms with Crippen molar-refractivity contribution in [3.05, 3.63) is 11.6 Å². The molecule has 0 aromatic rings. The second-order valence-electron chi connectivity index (χ2n) is 4.10. The predicted octanol–water partition coefficient (Wildman–Crippen LogP) is 2.23. The molecule has 0 amide bonds. The smallest absolute Gasteiger partial charge is 0.330 e. The maximum absolute atomic E-state index is 11.6. The molecule has 0 spiro atoms. The van der Waals surface area contributed by atoms with E-state index < -0.39 is 0 Å². The Kier molecular flexibility index (Phi) is 5.73. The van der Waals surface area contributed by atoms with Crippen molar-refractivity contribution in [2.24, 2.45) is 5.92 Å². The first-order valence-electron chi connectivity index (χ1n) is 6.20. The molecule has 0 radical (unpaired) electrons. The van der Waals surface area contributed by atoms with Crippen molar-refractivity contribution in [2.45, 2.75) is 39.5 Å². The van der Waals surface area contributed by atoms with Gasteiger partial charge < -0.3 is 9.47 Å². The minimum Gasteiger partial charge on any atom is -0.466 e. The molecule has 0 N–H and O–H groups in total. The first-order chi connectivity index (χ1) is 8.17. The molecule has 4 heteroatoms. The van der Waals surface area contributed by atoms with Crippen LogP contribution in [0.3, 0.4) is 0 Å². The van der Waals surface area contributed by atoms with E-state index >= 15 is 0 Å². The Morgan fingerprint density at radius 3 is 2.65 bits per heavy atom. The number of rotatable bonds is 4. The number of esters is 2. The summed E-state index contributed by atoms with van der Waals surface area (Å²) in [5, 5.41) is 0. The van der Waals surface area contributed by atoms with Crippen molar-refractivity contribution in [1.29, 1.82) is 0 Å². The van der Waals surface area contributed by atoms with E-state index in [1.807, 2.05) is 0 Å². The standard InChI is InChI=1S/C13H20O4/c1-3-16-12(14)9-10-6-5-7-11(8-10)13(15)17-4-2/h9,11H,3-8H2,1-2H3/b10-9-. The Labute approximate surface area is 102 Å². The highest BCUT2D eigenvalue weighted by atomic mass is 16.5. The SMILES string of the molecule is CCOC(=O)/C=C1/CCCC(C(=O)OCC)C1. The first kappa shape index (κ1) is 13.7. The Balaban J connectivity index is 2.54. The number of carbonyl (C=O) groups is 2. The van der Waals surface area contributed by atoms with Gasteiger partial charge in [-0.15, -0.1) is 0 Å². The minimum atomic E-state index is -0.313. The lowest BCUT2D eigenvalue weighted by Crippen LogP contribution is -2.21. The summed E-state index contributed by atoms with van der Waals surface area (Å²) >= 11 is 0. The van der Waals surface area contributed by atoms with E-state index in [4.69, 9.17) is 9.47 Å². The molecule has 1 aliphatic rings. The van der Waals surface area contributed by atoms with Crippen LogP contribution < -0.4 is 0 Å². The van der Waals surface area contributed by atoms with Gasteiger partial charge in [-0.3, -0.25) is 4.79 Å². The van der Waals surface area contributed by atoms with Crippen LogP contribution in [-0.4, -0.2) is 25.2 Å². The third-order valence-electron chi connectivity index (χ3n) is 2.79. The third-order valence-corrected chi connectivity index (χ3v) is 2.79. The molecular formula is C13H20O4. The van der Waals surface area contributed by atoms with E-state index in [2.05, 4.69) is 0 Å². The molecule has 1 saturated carbocycles. The molecule has 0 saturated heterocycles. The van der Waals surface area contributed by atoms with E-state index in [1.54, 1.807) is 13.8 Å². The van der Waals surface area contributed by atoms with Gasteiger partial charge in [-0.2, -0.15) is 0 Å². The fourth-order valence-corrected chi connectivity index (χ4v) is 2.04. The number of allylic oxidation sites excluding steroid dienone is 1. The quantitative estimate of drug-likeness (QED) is 0.558. The van der Waals surface area contributed by atoms with Gasteiger partial charge in [0.25, 0.3) is 0 Å². The number of ether oxygens (including phenoxy) is 2. The number of hydrogen-bond acceptors (Lipinski definition) is 4. The molecule has 1 rings (SSSR count). The van der Waals surface area contributed by atoms with Gasteiger partial charge in [0.2, 0.25) is 0 Å². The summed E-state index contributed by atoms with van der Waals surface area (Å²) < 4.78 is 9.86. The van der Waals surface area contributed by atoms with E-state index in [0.29, 0.717) is 19.6 Å². The van der Waals surface area contributed by atoms with Crippen molar-refractivity contribution < 1.29 is 19.1 Å². The summed E-state index contributed by atoms with van der Waals surface area (Å²) in [4.78, 5) is 22.9. The summed E-state index contributed by atoms with van der Waals surface area (Å²) in [5.74, 6) is -0.557.